The van der Waals surface area contributed by atoms with Crippen LogP contribution in [0.15, 0.2) is 53.4 Å². The lowest BCUT2D eigenvalue weighted by atomic mass is 10.1. The lowest BCUT2D eigenvalue weighted by Gasteiger charge is -2.06. The van der Waals surface area contributed by atoms with E-state index in [-0.39, 0.29) is 11.7 Å². The van der Waals surface area contributed by atoms with Crippen LogP contribution in [0.1, 0.15) is 18.4 Å². The summed E-state index contributed by atoms with van der Waals surface area (Å²) < 4.78 is 12.8. The first-order chi connectivity index (χ1) is 11.1. The molecule has 1 N–H and O–H groups in total. The highest BCUT2D eigenvalue weighted by molar-refractivity contribution is 7.99. The predicted octanol–water partition coefficient (Wildman–Crippen LogP) is 4.71. The number of carbonyl (C=O) groups excluding carboxylic acids is 1. The van der Waals surface area contributed by atoms with Crippen LogP contribution in [0.2, 0.25) is 5.02 Å². The standard InChI is InChI=1S/C18H19ClFNOS/c19-15-5-9-17(10-6-15)23-13-11-18(22)21-12-1-2-14-3-7-16(20)8-4-14/h3-10H,1-2,11-13H2,(H,21,22). The number of benzene rings is 2. The van der Waals surface area contributed by atoms with Gasteiger partial charge in [0.25, 0.3) is 0 Å². The summed E-state index contributed by atoms with van der Waals surface area (Å²) in [6.07, 6.45) is 2.17. The van der Waals surface area contributed by atoms with Crippen molar-refractivity contribution >= 4 is 29.3 Å². The molecule has 0 aliphatic heterocycles. The average Bonchev–Trinajstić information content (AvgIpc) is 2.55. The van der Waals surface area contributed by atoms with Crippen molar-refractivity contribution in [2.24, 2.45) is 0 Å². The summed E-state index contributed by atoms with van der Waals surface area (Å²) in [6, 6.07) is 14.1. The van der Waals surface area contributed by atoms with Gasteiger partial charge in [-0.1, -0.05) is 23.7 Å². The minimum absolute atomic E-state index is 0.0607. The first kappa shape index (κ1) is 17.8. The quantitative estimate of drug-likeness (QED) is 0.551. The zero-order chi connectivity index (χ0) is 16.5. The van der Waals surface area contributed by atoms with Gasteiger partial charge >= 0.3 is 0 Å². The van der Waals surface area contributed by atoms with Crippen LogP contribution < -0.4 is 5.32 Å². The molecule has 2 nitrogen and oxygen atoms in total. The Balaban J connectivity index is 1.56. The van der Waals surface area contributed by atoms with Crippen molar-refractivity contribution in [3.63, 3.8) is 0 Å². The van der Waals surface area contributed by atoms with E-state index in [1.807, 2.05) is 24.3 Å². The molecule has 0 spiro atoms. The maximum Gasteiger partial charge on any atom is 0.220 e. The highest BCUT2D eigenvalue weighted by Gasteiger charge is 2.02. The molecule has 0 bridgehead atoms. The van der Waals surface area contributed by atoms with Gasteiger partial charge in [0, 0.05) is 28.6 Å². The number of aryl methyl sites for hydroxylation is 1. The van der Waals surface area contributed by atoms with Gasteiger partial charge in [-0.2, -0.15) is 0 Å². The van der Waals surface area contributed by atoms with Gasteiger partial charge in [0.1, 0.15) is 5.82 Å². The molecule has 0 aliphatic rings. The molecule has 5 heteroatoms. The fourth-order valence-electron chi connectivity index (χ4n) is 2.05. The fraction of sp³-hybridized carbons (Fsp3) is 0.278. The number of thioether (sulfide) groups is 1. The van der Waals surface area contributed by atoms with Gasteiger partial charge < -0.3 is 5.32 Å². The molecule has 0 saturated heterocycles. The molecule has 0 radical (unpaired) electrons. The number of nitrogens with one attached hydrogen (secondary N) is 1. The Hall–Kier alpha value is -1.52. The van der Waals surface area contributed by atoms with Crippen LogP contribution in [-0.2, 0) is 11.2 Å². The molecule has 122 valence electrons. The van der Waals surface area contributed by atoms with E-state index in [4.69, 9.17) is 11.6 Å². The second-order valence-electron chi connectivity index (χ2n) is 5.13. The summed E-state index contributed by atoms with van der Waals surface area (Å²) in [4.78, 5) is 12.9. The summed E-state index contributed by atoms with van der Waals surface area (Å²) in [5.74, 6) is 0.580. The van der Waals surface area contributed by atoms with E-state index in [1.54, 1.807) is 23.9 Å². The van der Waals surface area contributed by atoms with Crippen molar-refractivity contribution in [1.29, 1.82) is 0 Å². The molecule has 0 saturated carbocycles. The summed E-state index contributed by atoms with van der Waals surface area (Å²) in [5.41, 5.74) is 1.08. The predicted molar refractivity (Wildman–Crippen MR) is 94.5 cm³/mol. The zero-order valence-electron chi connectivity index (χ0n) is 12.7. The van der Waals surface area contributed by atoms with Crippen molar-refractivity contribution in [1.82, 2.24) is 5.32 Å². The maximum absolute atomic E-state index is 12.8. The maximum atomic E-state index is 12.8. The summed E-state index contributed by atoms with van der Waals surface area (Å²) in [7, 11) is 0. The van der Waals surface area contributed by atoms with E-state index in [2.05, 4.69) is 5.32 Å². The minimum atomic E-state index is -0.222. The van der Waals surface area contributed by atoms with E-state index in [9.17, 15) is 9.18 Å². The Morgan fingerprint density at radius 2 is 1.78 bits per heavy atom. The lowest BCUT2D eigenvalue weighted by molar-refractivity contribution is -0.120. The van der Waals surface area contributed by atoms with Crippen molar-refractivity contribution in [3.05, 3.63) is 64.9 Å². The average molecular weight is 352 g/mol. The SMILES string of the molecule is O=C(CCSc1ccc(Cl)cc1)NCCCc1ccc(F)cc1. The first-order valence-electron chi connectivity index (χ1n) is 7.53. The molecule has 0 unspecified atom stereocenters. The summed E-state index contributed by atoms with van der Waals surface area (Å²) >= 11 is 7.47. The second kappa shape index (κ2) is 9.58. The highest BCUT2D eigenvalue weighted by atomic mass is 35.5. The molecule has 0 heterocycles. The van der Waals surface area contributed by atoms with Crippen molar-refractivity contribution in [2.45, 2.75) is 24.2 Å². The molecule has 0 aliphatic carbocycles. The van der Waals surface area contributed by atoms with Crippen LogP contribution in [0.25, 0.3) is 0 Å². The lowest BCUT2D eigenvalue weighted by Crippen LogP contribution is -2.24. The number of amides is 1. The Morgan fingerprint density at radius 3 is 2.48 bits per heavy atom. The zero-order valence-corrected chi connectivity index (χ0v) is 14.3. The number of halogens is 2. The first-order valence-corrected chi connectivity index (χ1v) is 8.89. The molecule has 1 amide bonds. The molecule has 2 aromatic carbocycles. The highest BCUT2D eigenvalue weighted by Crippen LogP contribution is 2.20. The van der Waals surface area contributed by atoms with Crippen molar-refractivity contribution < 1.29 is 9.18 Å². The Bertz CT molecular complexity index is 616. The Labute approximate surface area is 145 Å². The van der Waals surface area contributed by atoms with Crippen LogP contribution in [-0.4, -0.2) is 18.2 Å². The van der Waals surface area contributed by atoms with Gasteiger partial charge in [0.05, 0.1) is 0 Å². The van der Waals surface area contributed by atoms with E-state index < -0.39 is 0 Å². The van der Waals surface area contributed by atoms with Crippen molar-refractivity contribution in [2.75, 3.05) is 12.3 Å². The topological polar surface area (TPSA) is 29.1 Å². The Kier molecular flexibility index (Phi) is 7.43. The van der Waals surface area contributed by atoms with E-state index >= 15 is 0 Å². The van der Waals surface area contributed by atoms with Crippen molar-refractivity contribution in [3.8, 4) is 0 Å². The molecule has 2 rings (SSSR count). The second-order valence-corrected chi connectivity index (χ2v) is 6.74. The normalized spacial score (nSPS) is 10.5. The van der Waals surface area contributed by atoms with Gasteiger partial charge in [0.15, 0.2) is 0 Å². The molecule has 2 aromatic rings. The number of carbonyl (C=O) groups is 1. The van der Waals surface area contributed by atoms with Crippen LogP contribution in [0.4, 0.5) is 4.39 Å². The van der Waals surface area contributed by atoms with Crippen LogP contribution in [0.5, 0.6) is 0 Å². The molecule has 0 aromatic heterocycles. The smallest absolute Gasteiger partial charge is 0.220 e. The largest absolute Gasteiger partial charge is 0.356 e. The monoisotopic (exact) mass is 351 g/mol. The third-order valence-corrected chi connectivity index (χ3v) is 4.55. The summed E-state index contributed by atoms with van der Waals surface area (Å²) in [6.45, 7) is 0.641. The van der Waals surface area contributed by atoms with Crippen LogP contribution >= 0.6 is 23.4 Å². The Morgan fingerprint density at radius 1 is 1.09 bits per heavy atom. The fourth-order valence-corrected chi connectivity index (χ4v) is 3.03. The van der Waals surface area contributed by atoms with Crippen LogP contribution in [0.3, 0.4) is 0 Å². The third-order valence-electron chi connectivity index (χ3n) is 3.29. The van der Waals surface area contributed by atoms with Gasteiger partial charge in [-0.05, 0) is 54.8 Å². The van der Waals surface area contributed by atoms with Gasteiger partial charge in [-0.25, -0.2) is 4.39 Å². The molecule has 0 atom stereocenters. The number of rotatable bonds is 8. The van der Waals surface area contributed by atoms with E-state index in [0.717, 1.165) is 29.1 Å². The minimum Gasteiger partial charge on any atom is -0.356 e. The number of hydrogen-bond donors (Lipinski definition) is 1. The van der Waals surface area contributed by atoms with Crippen LogP contribution in [0, 0.1) is 5.82 Å². The molecule has 23 heavy (non-hydrogen) atoms. The molecular weight excluding hydrogens is 333 g/mol. The molecular formula is C18H19ClFNOS. The van der Waals surface area contributed by atoms with E-state index in [1.165, 1.54) is 12.1 Å². The molecule has 0 fully saturated rings. The van der Waals surface area contributed by atoms with E-state index in [0.29, 0.717) is 18.0 Å². The number of hydrogen-bond acceptors (Lipinski definition) is 2. The van der Waals surface area contributed by atoms with Gasteiger partial charge in [0.2, 0.25) is 5.91 Å². The summed E-state index contributed by atoms with van der Waals surface area (Å²) in [5, 5.41) is 3.63. The third kappa shape index (κ3) is 7.06. The van der Waals surface area contributed by atoms with Gasteiger partial charge in [-0.3, -0.25) is 4.79 Å². The van der Waals surface area contributed by atoms with Gasteiger partial charge in [-0.15, -0.1) is 11.8 Å².